The van der Waals surface area contributed by atoms with Crippen LogP contribution in [0.4, 0.5) is 0 Å². The summed E-state index contributed by atoms with van der Waals surface area (Å²) < 4.78 is 6.48. The van der Waals surface area contributed by atoms with E-state index in [1.54, 1.807) is 13.0 Å². The van der Waals surface area contributed by atoms with Gasteiger partial charge in [0.15, 0.2) is 0 Å². The third kappa shape index (κ3) is 3.36. The van der Waals surface area contributed by atoms with E-state index in [4.69, 9.17) is 4.74 Å². The lowest BCUT2D eigenvalue weighted by atomic mass is 9.52. The van der Waals surface area contributed by atoms with Crippen molar-refractivity contribution in [2.24, 2.45) is 23.7 Å². The predicted molar refractivity (Wildman–Crippen MR) is 152 cm³/mol. The van der Waals surface area contributed by atoms with Crippen molar-refractivity contribution >= 4 is 28.4 Å². The summed E-state index contributed by atoms with van der Waals surface area (Å²) in [5.41, 5.74) is 2.28. The van der Waals surface area contributed by atoms with Gasteiger partial charge in [-0.3, -0.25) is 14.4 Å². The number of epoxide rings is 1. The molecule has 5 heterocycles. The maximum atomic E-state index is 14.4. The normalized spacial score (nSPS) is 37.0. The molecule has 1 aromatic carbocycles. The number of carbonyl (C=O) groups excluding carboxylic acids is 3. The Bertz CT molecular complexity index is 1630. The molecule has 8 atom stereocenters. The summed E-state index contributed by atoms with van der Waals surface area (Å²) in [6.07, 6.45) is 9.47. The van der Waals surface area contributed by atoms with Crippen LogP contribution in [0, 0.1) is 23.7 Å². The number of ketones is 2. The van der Waals surface area contributed by atoms with Crippen LogP contribution in [0.5, 0.6) is 0 Å². The second-order valence-corrected chi connectivity index (χ2v) is 12.5. The van der Waals surface area contributed by atoms with Gasteiger partial charge < -0.3 is 20.0 Å². The number of benzene rings is 1. The first kappa shape index (κ1) is 25.3. The zero-order valence-corrected chi connectivity index (χ0v) is 23.3. The van der Waals surface area contributed by atoms with Gasteiger partial charge in [-0.05, 0) is 67.9 Å². The van der Waals surface area contributed by atoms with Crippen LogP contribution in [-0.4, -0.2) is 45.2 Å². The summed E-state index contributed by atoms with van der Waals surface area (Å²) in [4.78, 5) is 47.3. The first-order valence-corrected chi connectivity index (χ1v) is 14.3. The molecule has 1 saturated carbocycles. The highest BCUT2D eigenvalue weighted by Crippen LogP contribution is 2.66. The van der Waals surface area contributed by atoms with Crippen molar-refractivity contribution in [3.05, 3.63) is 83.3 Å². The molecule has 2 saturated heterocycles. The minimum Gasteiger partial charge on any atom is -0.365 e. The summed E-state index contributed by atoms with van der Waals surface area (Å²) in [7, 11) is 0. The van der Waals surface area contributed by atoms with E-state index in [0.29, 0.717) is 24.1 Å². The summed E-state index contributed by atoms with van der Waals surface area (Å²) >= 11 is 0. The van der Waals surface area contributed by atoms with Crippen molar-refractivity contribution in [1.82, 2.24) is 15.3 Å². The molecule has 3 fully saturated rings. The smallest absolute Gasteiger partial charge is 0.249 e. The molecule has 40 heavy (non-hydrogen) atoms. The molecule has 206 valence electrons. The van der Waals surface area contributed by atoms with Gasteiger partial charge in [-0.25, -0.2) is 0 Å². The maximum Gasteiger partial charge on any atom is 0.249 e. The van der Waals surface area contributed by atoms with Gasteiger partial charge >= 0.3 is 0 Å². The number of Topliss-reactive ketones (excluding diaryl/α,β-unsaturated/α-hetero) is 2. The largest absolute Gasteiger partial charge is 0.365 e. The number of fused-ring (bicyclic) bond motifs is 5. The molecule has 7 heteroatoms. The van der Waals surface area contributed by atoms with E-state index < -0.39 is 17.0 Å². The van der Waals surface area contributed by atoms with Gasteiger partial charge in [-0.1, -0.05) is 50.3 Å². The lowest BCUT2D eigenvalue weighted by molar-refractivity contribution is -0.127. The third-order valence-corrected chi connectivity index (χ3v) is 10.3. The molecule has 1 spiro atoms. The first-order chi connectivity index (χ1) is 19.2. The Balaban J connectivity index is 1.39. The molecule has 7 rings (SSSR count). The lowest BCUT2D eigenvalue weighted by Crippen LogP contribution is -2.57. The fraction of sp³-hybridized carbons (Fsp3) is 0.424. The molecule has 1 aliphatic carbocycles. The molecule has 4 aliphatic rings. The van der Waals surface area contributed by atoms with Crippen LogP contribution in [0.15, 0.2) is 66.4 Å². The number of para-hydroxylation sites is 1. The third-order valence-electron chi connectivity index (χ3n) is 10.3. The van der Waals surface area contributed by atoms with Crippen LogP contribution in [0.3, 0.4) is 0 Å². The highest BCUT2D eigenvalue weighted by molar-refractivity contribution is 6.48. The van der Waals surface area contributed by atoms with Crippen molar-refractivity contribution in [2.45, 2.75) is 63.7 Å². The number of nitrogens with one attached hydrogen (secondary N) is 3. The number of aromatic nitrogens is 2. The molecule has 2 bridgehead atoms. The Morgan fingerprint density at radius 2 is 1.85 bits per heavy atom. The monoisotopic (exact) mass is 537 g/mol. The van der Waals surface area contributed by atoms with Gasteiger partial charge in [0.1, 0.15) is 5.41 Å². The molecule has 0 radical (unpaired) electrons. The molecule has 3 N–H and O–H groups in total. The van der Waals surface area contributed by atoms with Gasteiger partial charge in [0.2, 0.25) is 17.5 Å². The van der Waals surface area contributed by atoms with Gasteiger partial charge in [0, 0.05) is 40.7 Å². The van der Waals surface area contributed by atoms with E-state index in [2.05, 4.69) is 53.4 Å². The zero-order chi connectivity index (χ0) is 28.0. The highest BCUT2D eigenvalue weighted by atomic mass is 16.6. The van der Waals surface area contributed by atoms with E-state index in [0.717, 1.165) is 16.5 Å². The minimum atomic E-state index is -0.964. The van der Waals surface area contributed by atoms with Gasteiger partial charge in [0.25, 0.3) is 0 Å². The first-order valence-electron chi connectivity index (χ1n) is 14.3. The maximum absolute atomic E-state index is 14.4. The quantitative estimate of drug-likeness (QED) is 0.248. The number of carbonyl (C=O) groups is 3. The SMILES string of the molecule is CC1=C[C@@H](C)CC=C[C@H]2[C@@H]3O[C@]3(C)[C@@H](C)[C@H]3[C@H](Cc4c[nH]c5ccccc45)NC(=O)[C@]32c2ccc([nH]2)C(=O)C1=O. The second-order valence-electron chi connectivity index (χ2n) is 12.5. The number of aromatic amines is 2. The number of amides is 1. The van der Waals surface area contributed by atoms with Crippen molar-refractivity contribution in [3.8, 4) is 0 Å². The Labute approximate surface area is 233 Å². The Morgan fingerprint density at radius 1 is 1.05 bits per heavy atom. The molecule has 3 aromatic rings. The minimum absolute atomic E-state index is 0.0502. The van der Waals surface area contributed by atoms with Gasteiger partial charge in [-0.2, -0.15) is 0 Å². The summed E-state index contributed by atoms with van der Waals surface area (Å²) in [5, 5.41) is 4.57. The Morgan fingerprint density at radius 3 is 2.67 bits per heavy atom. The van der Waals surface area contributed by atoms with Crippen LogP contribution in [0.1, 0.15) is 55.9 Å². The Hall–Kier alpha value is -3.71. The molecular formula is C33H35N3O4. The number of hydrogen-bond donors (Lipinski definition) is 3. The fourth-order valence-corrected chi connectivity index (χ4v) is 8.12. The molecule has 1 amide bonds. The summed E-state index contributed by atoms with van der Waals surface area (Å²) in [5.74, 6) is -1.33. The average Bonchev–Trinajstić information content (AvgIpc) is 3.26. The topological polar surface area (TPSA) is 107 Å². The molecule has 7 nitrogen and oxygen atoms in total. The molecule has 3 aliphatic heterocycles. The number of hydrogen-bond acceptors (Lipinski definition) is 4. The molecular weight excluding hydrogens is 502 g/mol. The van der Waals surface area contributed by atoms with Gasteiger partial charge in [-0.15, -0.1) is 0 Å². The number of H-pyrrole nitrogens is 2. The lowest BCUT2D eigenvalue weighted by Gasteiger charge is -2.46. The van der Waals surface area contributed by atoms with Crippen molar-refractivity contribution in [3.63, 3.8) is 0 Å². The van der Waals surface area contributed by atoms with Crippen LogP contribution >= 0.6 is 0 Å². The summed E-state index contributed by atoms with van der Waals surface area (Å²) in [6.45, 7) is 8.10. The molecule has 0 unspecified atom stereocenters. The fourth-order valence-electron chi connectivity index (χ4n) is 8.12. The van der Waals surface area contributed by atoms with E-state index in [1.165, 1.54) is 0 Å². The van der Waals surface area contributed by atoms with E-state index in [9.17, 15) is 14.4 Å². The zero-order valence-electron chi connectivity index (χ0n) is 23.3. The number of rotatable bonds is 2. The van der Waals surface area contributed by atoms with Crippen LogP contribution < -0.4 is 5.32 Å². The summed E-state index contributed by atoms with van der Waals surface area (Å²) in [6, 6.07) is 11.6. The predicted octanol–water partition coefficient (Wildman–Crippen LogP) is 4.81. The highest BCUT2D eigenvalue weighted by Gasteiger charge is 2.77. The van der Waals surface area contributed by atoms with Crippen LogP contribution in [0.2, 0.25) is 0 Å². The van der Waals surface area contributed by atoms with Crippen molar-refractivity contribution < 1.29 is 19.1 Å². The van der Waals surface area contributed by atoms with Crippen molar-refractivity contribution in [1.29, 1.82) is 0 Å². The standard InChI is InChI=1S/C33H35N3O4/c1-17-8-7-10-22-30-32(4,40-30)19(3)27-25(15-20-16-34-23-11-6-5-9-21(20)23)36-31(39)33(22,27)26-13-12-24(35-26)29(38)28(37)18(2)14-17/h5-7,9-14,16-17,19,22,25,27,30,34-35H,8,15H2,1-4H3,(H,36,39)/t17-,19-,22-,25-,27-,30-,32+,33+/m0/s1. The van der Waals surface area contributed by atoms with Crippen LogP contribution in [-0.2, 0) is 26.2 Å². The van der Waals surface area contributed by atoms with Crippen molar-refractivity contribution in [2.75, 3.05) is 0 Å². The average molecular weight is 538 g/mol. The van der Waals surface area contributed by atoms with Crippen LogP contribution in [0.25, 0.3) is 10.9 Å². The second kappa shape index (κ2) is 8.64. The molecule has 2 aromatic heterocycles. The van der Waals surface area contributed by atoms with Gasteiger partial charge in [0.05, 0.1) is 17.4 Å². The number of allylic oxidation sites excluding steroid dienone is 3. The Kier molecular flexibility index (Phi) is 5.46. The number of ether oxygens (including phenoxy) is 1. The van der Waals surface area contributed by atoms with E-state index >= 15 is 0 Å². The van der Waals surface area contributed by atoms with E-state index in [-0.39, 0.29) is 53.0 Å². The van der Waals surface area contributed by atoms with E-state index in [1.807, 2.05) is 37.4 Å².